The topological polar surface area (TPSA) is 15.3 Å². The van der Waals surface area contributed by atoms with Crippen molar-refractivity contribution in [2.75, 3.05) is 20.6 Å². The molecule has 0 aliphatic carbocycles. The normalized spacial score (nSPS) is 13.8. The van der Waals surface area contributed by atoms with Gasteiger partial charge in [-0.15, -0.1) is 0 Å². The largest absolute Gasteiger partial charge is 0.309 e. The molecule has 0 aliphatic rings. The van der Waals surface area contributed by atoms with Crippen LogP contribution in [0.15, 0.2) is 18.2 Å². The molecule has 0 amide bonds. The lowest BCUT2D eigenvalue weighted by molar-refractivity contribution is 0.0886. The van der Waals surface area contributed by atoms with Crippen LogP contribution in [0.1, 0.15) is 50.8 Å². The molecule has 1 atom stereocenters. The molecule has 0 fully saturated rings. The smallest absolute Gasteiger partial charge is 0.123 e. The molecule has 3 heteroatoms. The van der Waals surface area contributed by atoms with Gasteiger partial charge in [-0.1, -0.05) is 26.8 Å². The Labute approximate surface area is 123 Å². The second-order valence-electron chi connectivity index (χ2n) is 5.70. The van der Waals surface area contributed by atoms with E-state index in [9.17, 15) is 4.39 Å². The molecule has 2 nitrogen and oxygen atoms in total. The van der Waals surface area contributed by atoms with Crippen molar-refractivity contribution in [1.29, 1.82) is 0 Å². The lowest BCUT2D eigenvalue weighted by atomic mass is 9.78. The van der Waals surface area contributed by atoms with Gasteiger partial charge in [-0.2, -0.15) is 0 Å². The molecule has 1 unspecified atom stereocenters. The SMILES string of the molecule is CCNC(c1ccc(F)cc1C)C(CC)(CC)N(C)C. The molecule has 0 bridgehead atoms. The standard InChI is InChI=1S/C17H29FN2/c1-7-17(8-2,20(5)6)16(19-9-3)15-11-10-14(18)12-13(15)4/h10-12,16,19H,7-9H2,1-6H3. The maximum Gasteiger partial charge on any atom is 0.123 e. The van der Waals surface area contributed by atoms with E-state index in [0.29, 0.717) is 0 Å². The number of nitrogens with one attached hydrogen (secondary N) is 1. The fourth-order valence-electron chi connectivity index (χ4n) is 3.31. The number of likely N-dealkylation sites (N-methyl/N-ethyl adjacent to an activating group) is 2. The molecule has 0 radical (unpaired) electrons. The summed E-state index contributed by atoms with van der Waals surface area (Å²) in [4.78, 5) is 2.31. The maximum absolute atomic E-state index is 13.4. The second kappa shape index (κ2) is 7.19. The Morgan fingerprint density at radius 2 is 1.80 bits per heavy atom. The Kier molecular flexibility index (Phi) is 6.15. The van der Waals surface area contributed by atoms with Crippen LogP contribution < -0.4 is 5.32 Å². The molecule has 1 aromatic rings. The minimum Gasteiger partial charge on any atom is -0.309 e. The first-order valence-electron chi connectivity index (χ1n) is 7.59. The lowest BCUT2D eigenvalue weighted by Crippen LogP contribution is -2.53. The number of hydrogen-bond donors (Lipinski definition) is 1. The highest BCUT2D eigenvalue weighted by atomic mass is 19.1. The van der Waals surface area contributed by atoms with Gasteiger partial charge in [0.2, 0.25) is 0 Å². The number of hydrogen-bond acceptors (Lipinski definition) is 2. The van der Waals surface area contributed by atoms with Gasteiger partial charge in [0.15, 0.2) is 0 Å². The summed E-state index contributed by atoms with van der Waals surface area (Å²) in [6, 6.07) is 5.34. The summed E-state index contributed by atoms with van der Waals surface area (Å²) in [5.74, 6) is -0.162. The van der Waals surface area contributed by atoms with Crippen molar-refractivity contribution >= 4 is 0 Å². The van der Waals surface area contributed by atoms with E-state index in [4.69, 9.17) is 0 Å². The fourth-order valence-corrected chi connectivity index (χ4v) is 3.31. The zero-order valence-corrected chi connectivity index (χ0v) is 13.8. The van der Waals surface area contributed by atoms with Crippen molar-refractivity contribution in [3.05, 3.63) is 35.1 Å². The molecule has 20 heavy (non-hydrogen) atoms. The van der Waals surface area contributed by atoms with Crippen LogP contribution in [0.25, 0.3) is 0 Å². The zero-order chi connectivity index (χ0) is 15.3. The van der Waals surface area contributed by atoms with Crippen LogP contribution in [0.3, 0.4) is 0 Å². The maximum atomic E-state index is 13.4. The molecule has 1 aromatic carbocycles. The van der Waals surface area contributed by atoms with Crippen LogP contribution in [0.4, 0.5) is 4.39 Å². The highest BCUT2D eigenvalue weighted by molar-refractivity contribution is 5.32. The molecule has 0 aromatic heterocycles. The van der Waals surface area contributed by atoms with Crippen LogP contribution in [-0.4, -0.2) is 31.1 Å². The molecular weight excluding hydrogens is 251 g/mol. The molecule has 0 saturated carbocycles. The number of benzene rings is 1. The summed E-state index contributed by atoms with van der Waals surface area (Å²) >= 11 is 0. The summed E-state index contributed by atoms with van der Waals surface area (Å²) in [7, 11) is 4.27. The lowest BCUT2D eigenvalue weighted by Gasteiger charge is -2.46. The number of nitrogens with zero attached hydrogens (tertiary/aromatic N) is 1. The van der Waals surface area contributed by atoms with Crippen molar-refractivity contribution in [3.8, 4) is 0 Å². The molecule has 114 valence electrons. The third-order valence-electron chi connectivity index (χ3n) is 4.60. The summed E-state index contributed by atoms with van der Waals surface area (Å²) in [5.41, 5.74) is 2.26. The van der Waals surface area contributed by atoms with Crippen molar-refractivity contribution < 1.29 is 4.39 Å². The van der Waals surface area contributed by atoms with E-state index in [0.717, 1.165) is 24.9 Å². The van der Waals surface area contributed by atoms with Gasteiger partial charge < -0.3 is 10.2 Å². The average molecular weight is 280 g/mol. The van der Waals surface area contributed by atoms with E-state index in [1.807, 2.05) is 13.0 Å². The van der Waals surface area contributed by atoms with Crippen molar-refractivity contribution in [2.45, 2.75) is 52.1 Å². The first-order chi connectivity index (χ1) is 9.42. The predicted octanol–water partition coefficient (Wildman–Crippen LogP) is 3.91. The predicted molar refractivity (Wildman–Crippen MR) is 84.6 cm³/mol. The monoisotopic (exact) mass is 280 g/mol. The number of aryl methyl sites for hydroxylation is 1. The Morgan fingerprint density at radius 1 is 1.20 bits per heavy atom. The number of halogens is 1. The van der Waals surface area contributed by atoms with E-state index < -0.39 is 0 Å². The summed E-state index contributed by atoms with van der Waals surface area (Å²) in [6.07, 6.45) is 2.09. The first kappa shape index (κ1) is 17.1. The van der Waals surface area contributed by atoms with E-state index in [1.165, 1.54) is 5.56 Å². The molecular formula is C17H29FN2. The number of rotatable bonds is 7. The molecule has 1 N–H and O–H groups in total. The average Bonchev–Trinajstić information content (AvgIpc) is 2.39. The van der Waals surface area contributed by atoms with Gasteiger partial charge in [0.1, 0.15) is 5.82 Å². The Bertz CT molecular complexity index is 425. The van der Waals surface area contributed by atoms with E-state index >= 15 is 0 Å². The van der Waals surface area contributed by atoms with Gasteiger partial charge in [-0.3, -0.25) is 0 Å². The summed E-state index contributed by atoms with van der Waals surface area (Å²) in [5, 5.41) is 3.62. The van der Waals surface area contributed by atoms with E-state index in [1.54, 1.807) is 12.1 Å². The molecule has 0 aliphatic heterocycles. The molecule has 1 rings (SSSR count). The molecule has 0 saturated heterocycles. The quantitative estimate of drug-likeness (QED) is 0.815. The Hall–Kier alpha value is -0.930. The highest BCUT2D eigenvalue weighted by Crippen LogP contribution is 2.37. The zero-order valence-electron chi connectivity index (χ0n) is 13.8. The van der Waals surface area contributed by atoms with E-state index in [-0.39, 0.29) is 17.4 Å². The third kappa shape index (κ3) is 3.21. The molecule has 0 heterocycles. The highest BCUT2D eigenvalue weighted by Gasteiger charge is 2.38. The summed E-state index contributed by atoms with van der Waals surface area (Å²) in [6.45, 7) is 9.47. The Morgan fingerprint density at radius 3 is 2.20 bits per heavy atom. The minimum atomic E-state index is -0.162. The van der Waals surface area contributed by atoms with Gasteiger partial charge in [0, 0.05) is 5.54 Å². The second-order valence-corrected chi connectivity index (χ2v) is 5.70. The summed E-state index contributed by atoms with van der Waals surface area (Å²) < 4.78 is 13.4. The first-order valence-corrected chi connectivity index (χ1v) is 7.59. The van der Waals surface area contributed by atoms with Gasteiger partial charge in [0.05, 0.1) is 6.04 Å². The van der Waals surface area contributed by atoms with E-state index in [2.05, 4.69) is 45.1 Å². The van der Waals surface area contributed by atoms with Crippen molar-refractivity contribution in [2.24, 2.45) is 0 Å². The van der Waals surface area contributed by atoms with Crippen LogP contribution in [-0.2, 0) is 0 Å². The van der Waals surface area contributed by atoms with Gasteiger partial charge in [0.25, 0.3) is 0 Å². The van der Waals surface area contributed by atoms with Crippen molar-refractivity contribution in [1.82, 2.24) is 10.2 Å². The Balaban J connectivity index is 3.34. The minimum absolute atomic E-state index is 0.0403. The fraction of sp³-hybridized carbons (Fsp3) is 0.647. The van der Waals surface area contributed by atoms with Crippen LogP contribution in [0.2, 0.25) is 0 Å². The van der Waals surface area contributed by atoms with Crippen LogP contribution >= 0.6 is 0 Å². The third-order valence-corrected chi connectivity index (χ3v) is 4.60. The van der Waals surface area contributed by atoms with Crippen molar-refractivity contribution in [3.63, 3.8) is 0 Å². The van der Waals surface area contributed by atoms with Gasteiger partial charge in [-0.05, 0) is 63.7 Å². The van der Waals surface area contributed by atoms with Crippen LogP contribution in [0, 0.1) is 12.7 Å². The van der Waals surface area contributed by atoms with Gasteiger partial charge >= 0.3 is 0 Å². The van der Waals surface area contributed by atoms with Crippen LogP contribution in [0.5, 0.6) is 0 Å². The molecule has 0 spiro atoms. The van der Waals surface area contributed by atoms with Gasteiger partial charge in [-0.25, -0.2) is 4.39 Å².